The quantitative estimate of drug-likeness (QED) is 0.675. The van der Waals surface area contributed by atoms with Crippen molar-refractivity contribution >= 4 is 23.6 Å². The molecule has 1 aromatic carbocycles. The molecule has 0 aliphatic rings. The Morgan fingerprint density at radius 3 is 2.75 bits per heavy atom. The first-order valence-electron chi connectivity index (χ1n) is 5.75. The van der Waals surface area contributed by atoms with Gasteiger partial charge in [-0.3, -0.25) is 0 Å². The van der Waals surface area contributed by atoms with Crippen LogP contribution in [0.3, 0.4) is 0 Å². The van der Waals surface area contributed by atoms with E-state index in [0.29, 0.717) is 23.1 Å². The summed E-state index contributed by atoms with van der Waals surface area (Å²) in [6.07, 6.45) is 2.74. The minimum absolute atomic E-state index is 0.270. The van der Waals surface area contributed by atoms with E-state index in [2.05, 4.69) is 20.0 Å². The fourth-order valence-corrected chi connectivity index (χ4v) is 1.59. The fraction of sp³-hybridized carbons (Fsp3) is 0.154. The van der Waals surface area contributed by atoms with Crippen LogP contribution in [0.25, 0.3) is 0 Å². The molecule has 7 heteroatoms. The van der Waals surface area contributed by atoms with Gasteiger partial charge in [0.15, 0.2) is 0 Å². The summed E-state index contributed by atoms with van der Waals surface area (Å²) in [6.45, 7) is 0.335. The Kier molecular flexibility index (Phi) is 4.73. The number of ether oxygens (including phenoxy) is 1. The number of halogens is 1. The Hall–Kier alpha value is -2.34. The molecule has 20 heavy (non-hydrogen) atoms. The average Bonchev–Trinajstić information content (AvgIpc) is 2.46. The molecule has 2 rings (SSSR count). The van der Waals surface area contributed by atoms with E-state index in [0.717, 1.165) is 5.56 Å². The van der Waals surface area contributed by atoms with Crippen LogP contribution in [0.15, 0.2) is 35.7 Å². The maximum atomic E-state index is 5.82. The normalized spacial score (nSPS) is 10.7. The van der Waals surface area contributed by atoms with Gasteiger partial charge in [0.05, 0.1) is 6.21 Å². The lowest BCUT2D eigenvalue weighted by molar-refractivity contribution is 0.215. The molecule has 0 unspecified atom stereocenters. The smallest absolute Gasteiger partial charge is 0.228 e. The van der Waals surface area contributed by atoms with E-state index >= 15 is 0 Å². The van der Waals surface area contributed by atoms with Gasteiger partial charge < -0.3 is 15.3 Å². The summed E-state index contributed by atoms with van der Waals surface area (Å²) >= 11 is 5.82. The highest BCUT2D eigenvalue weighted by molar-refractivity contribution is 6.30. The van der Waals surface area contributed by atoms with Crippen LogP contribution >= 0.6 is 11.6 Å². The summed E-state index contributed by atoms with van der Waals surface area (Å²) in [5.74, 6) is 0.611. The van der Waals surface area contributed by atoms with E-state index in [9.17, 15) is 0 Å². The Morgan fingerprint density at radius 2 is 2.05 bits per heavy atom. The molecule has 0 bridgehead atoms. The Morgan fingerprint density at radius 1 is 1.30 bits per heavy atom. The number of benzene rings is 1. The van der Waals surface area contributed by atoms with Gasteiger partial charge >= 0.3 is 0 Å². The number of nitrogen functional groups attached to an aromatic ring is 1. The van der Waals surface area contributed by atoms with Crippen molar-refractivity contribution in [3.8, 4) is 5.88 Å². The van der Waals surface area contributed by atoms with Gasteiger partial charge in [0.25, 0.3) is 0 Å². The number of nitrogens with zero attached hydrogens (tertiary/aromatic N) is 3. The summed E-state index contributed by atoms with van der Waals surface area (Å²) in [4.78, 5) is 12.5. The molecule has 0 saturated carbocycles. The number of hydrogen-bond acceptors (Lipinski definition) is 6. The zero-order chi connectivity index (χ0) is 14.4. The van der Waals surface area contributed by atoms with E-state index in [1.165, 1.54) is 19.7 Å². The van der Waals surface area contributed by atoms with Crippen LogP contribution in [0.2, 0.25) is 5.02 Å². The lowest BCUT2D eigenvalue weighted by Crippen LogP contribution is -2.05. The van der Waals surface area contributed by atoms with Crippen LogP contribution in [0, 0.1) is 0 Å². The summed E-state index contributed by atoms with van der Waals surface area (Å²) in [5, 5.41) is 4.32. The van der Waals surface area contributed by atoms with Crippen molar-refractivity contribution in [2.45, 2.75) is 6.61 Å². The van der Waals surface area contributed by atoms with E-state index in [4.69, 9.17) is 22.1 Å². The zero-order valence-corrected chi connectivity index (χ0v) is 11.5. The highest BCUT2D eigenvalue weighted by atomic mass is 35.5. The van der Waals surface area contributed by atoms with Gasteiger partial charge in [0.1, 0.15) is 31.4 Å². The predicted octanol–water partition coefficient (Wildman–Crippen LogP) is 2.27. The zero-order valence-electron chi connectivity index (χ0n) is 10.8. The number of rotatable bonds is 5. The number of anilines is 1. The minimum atomic E-state index is 0.270. The largest absolute Gasteiger partial charge is 0.472 e. The van der Waals surface area contributed by atoms with Gasteiger partial charge in [-0.15, -0.1) is 0 Å². The molecule has 1 heterocycles. The molecule has 104 valence electrons. The fourth-order valence-electron chi connectivity index (χ4n) is 1.47. The summed E-state index contributed by atoms with van der Waals surface area (Å²) in [7, 11) is 1.44. The molecule has 0 aliphatic carbocycles. The topological polar surface area (TPSA) is 82.6 Å². The predicted molar refractivity (Wildman–Crippen MR) is 76.8 cm³/mol. The summed E-state index contributed by atoms with van der Waals surface area (Å²) in [6, 6.07) is 7.33. The maximum Gasteiger partial charge on any atom is 0.228 e. The molecule has 6 nitrogen and oxygen atoms in total. The van der Waals surface area contributed by atoms with E-state index in [1.807, 2.05) is 12.1 Å². The van der Waals surface area contributed by atoms with Crippen molar-refractivity contribution in [1.82, 2.24) is 9.97 Å². The molecular formula is C13H13ClN4O2. The third-order valence-corrected chi connectivity index (χ3v) is 2.71. The first-order chi connectivity index (χ1) is 9.70. The second-order valence-corrected chi connectivity index (χ2v) is 4.25. The molecule has 0 radical (unpaired) electrons. The van der Waals surface area contributed by atoms with Gasteiger partial charge in [0.2, 0.25) is 5.88 Å². The van der Waals surface area contributed by atoms with Crippen molar-refractivity contribution in [2.75, 3.05) is 12.8 Å². The second-order valence-electron chi connectivity index (χ2n) is 3.81. The third kappa shape index (κ3) is 3.58. The first-order valence-corrected chi connectivity index (χ1v) is 6.12. The Labute approximate surface area is 121 Å². The Balaban J connectivity index is 2.14. The highest BCUT2D eigenvalue weighted by Gasteiger charge is 2.09. The van der Waals surface area contributed by atoms with Gasteiger partial charge in [-0.2, -0.15) is 0 Å². The van der Waals surface area contributed by atoms with Crippen LogP contribution in [0.5, 0.6) is 5.88 Å². The number of oxime groups is 1. The third-order valence-electron chi connectivity index (χ3n) is 2.45. The van der Waals surface area contributed by atoms with Crippen LogP contribution in [0.1, 0.15) is 11.1 Å². The van der Waals surface area contributed by atoms with E-state index in [-0.39, 0.29) is 5.82 Å². The molecule has 0 amide bonds. The van der Waals surface area contributed by atoms with Crippen molar-refractivity contribution in [2.24, 2.45) is 5.16 Å². The van der Waals surface area contributed by atoms with Crippen molar-refractivity contribution in [3.63, 3.8) is 0 Å². The van der Waals surface area contributed by atoms with Crippen LogP contribution in [-0.4, -0.2) is 23.3 Å². The molecule has 0 atom stereocenters. The molecule has 0 spiro atoms. The van der Waals surface area contributed by atoms with Gasteiger partial charge in [0, 0.05) is 5.02 Å². The first kappa shape index (κ1) is 14.1. The van der Waals surface area contributed by atoms with Gasteiger partial charge in [-0.1, -0.05) is 28.9 Å². The summed E-state index contributed by atoms with van der Waals surface area (Å²) < 4.78 is 5.62. The molecule has 1 aromatic heterocycles. The second kappa shape index (κ2) is 6.72. The molecule has 0 aliphatic heterocycles. The lowest BCUT2D eigenvalue weighted by atomic mass is 10.2. The van der Waals surface area contributed by atoms with Crippen molar-refractivity contribution in [3.05, 3.63) is 46.7 Å². The standard InChI is InChI=1S/C13H13ClN4O2/c1-19-18-6-11-12(15)16-8-17-13(11)20-7-9-2-4-10(14)5-3-9/h2-6,8H,7H2,1H3,(H2,15,16,17)/b18-6+. The maximum absolute atomic E-state index is 5.82. The lowest BCUT2D eigenvalue weighted by Gasteiger charge is -2.08. The number of hydrogen-bond donors (Lipinski definition) is 1. The molecule has 0 saturated heterocycles. The summed E-state index contributed by atoms with van der Waals surface area (Å²) in [5.41, 5.74) is 7.19. The number of nitrogens with two attached hydrogens (primary N) is 1. The molecule has 0 fully saturated rings. The Bertz CT molecular complexity index is 602. The molecule has 2 N–H and O–H groups in total. The molecular weight excluding hydrogens is 280 g/mol. The van der Waals surface area contributed by atoms with Crippen LogP contribution < -0.4 is 10.5 Å². The monoisotopic (exact) mass is 292 g/mol. The SMILES string of the molecule is CO/N=C/c1c(N)ncnc1OCc1ccc(Cl)cc1. The van der Waals surface area contributed by atoms with Crippen molar-refractivity contribution in [1.29, 1.82) is 0 Å². The van der Waals surface area contributed by atoms with E-state index < -0.39 is 0 Å². The molecule has 2 aromatic rings. The van der Waals surface area contributed by atoms with Gasteiger partial charge in [-0.05, 0) is 17.7 Å². The highest BCUT2D eigenvalue weighted by Crippen LogP contribution is 2.19. The van der Waals surface area contributed by atoms with Gasteiger partial charge in [-0.25, -0.2) is 9.97 Å². The average molecular weight is 293 g/mol. The minimum Gasteiger partial charge on any atom is -0.472 e. The van der Waals surface area contributed by atoms with Crippen LogP contribution in [0.4, 0.5) is 5.82 Å². The number of aromatic nitrogens is 2. The van der Waals surface area contributed by atoms with E-state index in [1.54, 1.807) is 12.1 Å². The van der Waals surface area contributed by atoms with Crippen LogP contribution in [-0.2, 0) is 11.4 Å². The van der Waals surface area contributed by atoms with Crippen molar-refractivity contribution < 1.29 is 9.57 Å².